The maximum atomic E-state index is 12.6. The molecule has 0 fully saturated rings. The van der Waals surface area contributed by atoms with E-state index in [9.17, 15) is 9.59 Å². The molecule has 1 aromatic heterocycles. The van der Waals surface area contributed by atoms with Gasteiger partial charge in [-0.25, -0.2) is 4.79 Å². The van der Waals surface area contributed by atoms with E-state index in [1.165, 1.54) is 10.1 Å². The third-order valence-corrected chi connectivity index (χ3v) is 4.85. The van der Waals surface area contributed by atoms with Crippen LogP contribution in [-0.2, 0) is 17.8 Å². The molecule has 0 amide bonds. The minimum Gasteiger partial charge on any atom is -0.383 e. The summed E-state index contributed by atoms with van der Waals surface area (Å²) in [4.78, 5) is 29.1. The molecule has 3 N–H and O–H groups in total. The van der Waals surface area contributed by atoms with Gasteiger partial charge in [0.2, 0.25) is 0 Å². The minimum atomic E-state index is -0.467. The summed E-state index contributed by atoms with van der Waals surface area (Å²) in [6, 6.07) is 8.33. The van der Waals surface area contributed by atoms with Crippen molar-refractivity contribution in [2.24, 2.45) is 0 Å². The van der Waals surface area contributed by atoms with Crippen LogP contribution in [0.4, 0.5) is 11.5 Å². The Kier molecular flexibility index (Phi) is 7.87. The third-order valence-electron chi connectivity index (χ3n) is 4.85. The number of anilines is 2. The van der Waals surface area contributed by atoms with Gasteiger partial charge in [0.15, 0.2) is 0 Å². The molecule has 7 heteroatoms. The lowest BCUT2D eigenvalue weighted by atomic mass is 10.0. The number of hydrogen-bond acceptors (Lipinski definition) is 5. The molecule has 1 aromatic carbocycles. The van der Waals surface area contributed by atoms with E-state index in [0.29, 0.717) is 37.8 Å². The van der Waals surface area contributed by atoms with Crippen molar-refractivity contribution in [1.29, 1.82) is 0 Å². The Bertz CT molecular complexity index is 869. The lowest BCUT2D eigenvalue weighted by molar-refractivity contribution is 0.205. The number of H-pyrrole nitrogens is 1. The first-order valence-electron chi connectivity index (χ1n) is 9.84. The first kappa shape index (κ1) is 21.8. The number of nitrogens with one attached hydrogen (secondary N) is 1. The molecule has 0 saturated carbocycles. The zero-order valence-corrected chi connectivity index (χ0v) is 17.3. The fourth-order valence-corrected chi connectivity index (χ4v) is 3.12. The SMILES string of the molecule is CCCCn1c(N)c(N(CCOC)Cc2ccc(C(C)C)cc2)c(=O)[nH]c1=O. The van der Waals surface area contributed by atoms with Gasteiger partial charge in [-0.2, -0.15) is 0 Å². The monoisotopic (exact) mass is 388 g/mol. The molecule has 28 heavy (non-hydrogen) atoms. The third kappa shape index (κ3) is 5.25. The van der Waals surface area contributed by atoms with Crippen molar-refractivity contribution in [1.82, 2.24) is 9.55 Å². The van der Waals surface area contributed by atoms with Crippen LogP contribution in [0.15, 0.2) is 33.9 Å². The molecule has 0 spiro atoms. The Hall–Kier alpha value is -2.54. The number of aromatic nitrogens is 2. The lowest BCUT2D eigenvalue weighted by Crippen LogP contribution is -2.39. The molecule has 0 bridgehead atoms. The van der Waals surface area contributed by atoms with Crippen LogP contribution < -0.4 is 21.9 Å². The van der Waals surface area contributed by atoms with Crippen LogP contribution in [0.2, 0.25) is 0 Å². The topological polar surface area (TPSA) is 93.3 Å². The Morgan fingerprint density at radius 3 is 2.46 bits per heavy atom. The number of nitrogens with two attached hydrogens (primary N) is 1. The van der Waals surface area contributed by atoms with E-state index in [1.807, 2.05) is 11.8 Å². The Morgan fingerprint density at radius 1 is 1.21 bits per heavy atom. The largest absolute Gasteiger partial charge is 0.383 e. The number of ether oxygens (including phenoxy) is 1. The fraction of sp³-hybridized carbons (Fsp3) is 0.524. The summed E-state index contributed by atoms with van der Waals surface area (Å²) in [5.41, 5.74) is 7.99. The Balaban J connectivity index is 2.41. The van der Waals surface area contributed by atoms with Gasteiger partial charge < -0.3 is 15.4 Å². The van der Waals surface area contributed by atoms with E-state index in [-0.39, 0.29) is 5.82 Å². The van der Waals surface area contributed by atoms with Gasteiger partial charge in [0.25, 0.3) is 5.56 Å². The highest BCUT2D eigenvalue weighted by Gasteiger charge is 2.19. The molecule has 154 valence electrons. The van der Waals surface area contributed by atoms with Gasteiger partial charge in [-0.05, 0) is 23.5 Å². The van der Waals surface area contributed by atoms with Crippen molar-refractivity contribution in [3.05, 3.63) is 56.2 Å². The minimum absolute atomic E-state index is 0.206. The summed E-state index contributed by atoms with van der Waals surface area (Å²) in [6.07, 6.45) is 1.74. The molecule has 0 aliphatic heterocycles. The first-order chi connectivity index (χ1) is 13.4. The average molecular weight is 389 g/mol. The molecule has 1 heterocycles. The van der Waals surface area contributed by atoms with Crippen LogP contribution in [0.1, 0.15) is 50.7 Å². The van der Waals surface area contributed by atoms with E-state index in [0.717, 1.165) is 18.4 Å². The van der Waals surface area contributed by atoms with E-state index in [2.05, 4.69) is 43.1 Å². The number of nitrogen functional groups attached to an aromatic ring is 1. The molecule has 2 rings (SSSR count). The molecule has 0 aliphatic rings. The molecular weight excluding hydrogens is 356 g/mol. The Labute approximate surface area is 166 Å². The fourth-order valence-electron chi connectivity index (χ4n) is 3.12. The summed E-state index contributed by atoms with van der Waals surface area (Å²) < 4.78 is 6.66. The zero-order chi connectivity index (χ0) is 20.7. The van der Waals surface area contributed by atoms with Crippen LogP contribution in [-0.4, -0.2) is 29.8 Å². The van der Waals surface area contributed by atoms with Crippen LogP contribution >= 0.6 is 0 Å². The summed E-state index contributed by atoms with van der Waals surface area (Å²) in [6.45, 7) is 8.25. The van der Waals surface area contributed by atoms with Crippen molar-refractivity contribution >= 4 is 11.5 Å². The summed E-state index contributed by atoms with van der Waals surface area (Å²) in [5.74, 6) is 0.663. The standard InChI is InChI=1S/C21H32N4O3/c1-5-6-11-25-19(22)18(20(26)23-21(25)27)24(12-13-28-4)14-16-7-9-17(10-8-16)15(2)3/h7-10,15H,5-6,11-14,22H2,1-4H3,(H,23,26,27). The smallest absolute Gasteiger partial charge is 0.330 e. The second-order valence-corrected chi connectivity index (χ2v) is 7.31. The van der Waals surface area contributed by atoms with Crippen molar-refractivity contribution in [2.75, 3.05) is 30.9 Å². The zero-order valence-electron chi connectivity index (χ0n) is 17.3. The molecule has 2 aromatic rings. The second kappa shape index (κ2) is 10.1. The number of nitrogens with zero attached hydrogens (tertiary/aromatic N) is 2. The number of unbranched alkanes of at least 4 members (excludes halogenated alkanes) is 1. The van der Waals surface area contributed by atoms with Gasteiger partial charge in [-0.3, -0.25) is 14.3 Å². The van der Waals surface area contributed by atoms with Crippen LogP contribution in [0.3, 0.4) is 0 Å². The van der Waals surface area contributed by atoms with Crippen molar-refractivity contribution in [3.8, 4) is 0 Å². The van der Waals surface area contributed by atoms with E-state index in [1.54, 1.807) is 7.11 Å². The highest BCUT2D eigenvalue weighted by molar-refractivity contribution is 5.62. The quantitative estimate of drug-likeness (QED) is 0.653. The average Bonchev–Trinajstić information content (AvgIpc) is 2.66. The second-order valence-electron chi connectivity index (χ2n) is 7.31. The van der Waals surface area contributed by atoms with E-state index in [4.69, 9.17) is 10.5 Å². The highest BCUT2D eigenvalue weighted by atomic mass is 16.5. The predicted molar refractivity (Wildman–Crippen MR) is 114 cm³/mol. The summed E-state index contributed by atoms with van der Waals surface area (Å²) >= 11 is 0. The van der Waals surface area contributed by atoms with Crippen LogP contribution in [0.25, 0.3) is 0 Å². The van der Waals surface area contributed by atoms with Crippen LogP contribution in [0, 0.1) is 0 Å². The highest BCUT2D eigenvalue weighted by Crippen LogP contribution is 2.21. The normalized spacial score (nSPS) is 11.2. The Morgan fingerprint density at radius 2 is 1.89 bits per heavy atom. The van der Waals surface area contributed by atoms with E-state index < -0.39 is 11.2 Å². The molecule has 0 aliphatic carbocycles. The van der Waals surface area contributed by atoms with E-state index >= 15 is 0 Å². The van der Waals surface area contributed by atoms with Crippen molar-refractivity contribution in [2.45, 2.75) is 52.6 Å². The number of aromatic amines is 1. The summed E-state index contributed by atoms with van der Waals surface area (Å²) in [5, 5.41) is 0. The molecule has 0 radical (unpaired) electrons. The van der Waals surface area contributed by atoms with Crippen molar-refractivity contribution in [3.63, 3.8) is 0 Å². The van der Waals surface area contributed by atoms with Gasteiger partial charge in [0.05, 0.1) is 6.61 Å². The number of benzene rings is 1. The summed E-state index contributed by atoms with van der Waals surface area (Å²) in [7, 11) is 1.62. The van der Waals surface area contributed by atoms with Gasteiger partial charge in [0, 0.05) is 26.7 Å². The number of rotatable bonds is 10. The number of hydrogen-bond donors (Lipinski definition) is 2. The molecule has 0 atom stereocenters. The van der Waals surface area contributed by atoms with Gasteiger partial charge in [-0.1, -0.05) is 51.5 Å². The van der Waals surface area contributed by atoms with Gasteiger partial charge in [0.1, 0.15) is 11.5 Å². The molecule has 7 nitrogen and oxygen atoms in total. The maximum Gasteiger partial charge on any atom is 0.330 e. The molecular formula is C21H32N4O3. The first-order valence-corrected chi connectivity index (χ1v) is 9.84. The van der Waals surface area contributed by atoms with Gasteiger partial charge in [-0.15, -0.1) is 0 Å². The maximum absolute atomic E-state index is 12.6. The van der Waals surface area contributed by atoms with Crippen molar-refractivity contribution < 1.29 is 4.74 Å². The van der Waals surface area contributed by atoms with Crippen LogP contribution in [0.5, 0.6) is 0 Å². The predicted octanol–water partition coefficient (Wildman–Crippen LogP) is 2.70. The molecule has 0 saturated heterocycles. The lowest BCUT2D eigenvalue weighted by Gasteiger charge is -2.26. The van der Waals surface area contributed by atoms with Gasteiger partial charge >= 0.3 is 5.69 Å². The molecule has 0 unspecified atom stereocenters. The number of methoxy groups -OCH3 is 1.